The molecule has 2 unspecified atom stereocenters. The SMILES string of the molecule is O=C(C1CCCS1)N1CCC(Cl)C1. The molecule has 0 aliphatic carbocycles. The van der Waals surface area contributed by atoms with Gasteiger partial charge in [0, 0.05) is 13.1 Å². The fourth-order valence-corrected chi connectivity index (χ4v) is 3.40. The van der Waals surface area contributed by atoms with Gasteiger partial charge in [0.05, 0.1) is 10.6 Å². The summed E-state index contributed by atoms with van der Waals surface area (Å²) in [7, 11) is 0. The normalized spacial score (nSPS) is 34.1. The van der Waals surface area contributed by atoms with Crippen LogP contribution in [-0.4, -0.2) is 40.3 Å². The third-order valence-electron chi connectivity index (χ3n) is 2.65. The van der Waals surface area contributed by atoms with Crippen molar-refractivity contribution in [3.05, 3.63) is 0 Å². The first-order chi connectivity index (χ1) is 6.27. The lowest BCUT2D eigenvalue weighted by Crippen LogP contribution is -2.35. The Morgan fingerprint density at radius 3 is 2.85 bits per heavy atom. The molecule has 2 fully saturated rings. The number of carbonyl (C=O) groups is 1. The molecule has 2 nitrogen and oxygen atoms in total. The van der Waals surface area contributed by atoms with E-state index in [1.165, 1.54) is 6.42 Å². The maximum atomic E-state index is 11.8. The summed E-state index contributed by atoms with van der Waals surface area (Å²) in [4.78, 5) is 13.8. The van der Waals surface area contributed by atoms with Gasteiger partial charge < -0.3 is 4.90 Å². The molecule has 0 saturated carbocycles. The Balaban J connectivity index is 1.89. The lowest BCUT2D eigenvalue weighted by atomic mass is 10.2. The zero-order chi connectivity index (χ0) is 9.26. The first kappa shape index (κ1) is 9.66. The van der Waals surface area contributed by atoms with Gasteiger partial charge in [0.25, 0.3) is 0 Å². The second-order valence-corrected chi connectivity index (χ2v) is 5.60. The van der Waals surface area contributed by atoms with E-state index in [-0.39, 0.29) is 10.6 Å². The van der Waals surface area contributed by atoms with Crippen LogP contribution in [0.1, 0.15) is 19.3 Å². The lowest BCUT2D eigenvalue weighted by Gasteiger charge is -2.19. The third kappa shape index (κ3) is 2.13. The molecule has 0 aromatic carbocycles. The maximum absolute atomic E-state index is 11.8. The Hall–Kier alpha value is 0.110. The van der Waals surface area contributed by atoms with Crippen molar-refractivity contribution < 1.29 is 4.79 Å². The number of hydrogen-bond acceptors (Lipinski definition) is 2. The first-order valence-corrected chi connectivity index (χ1v) is 6.30. The van der Waals surface area contributed by atoms with Crippen molar-refractivity contribution in [2.24, 2.45) is 0 Å². The number of likely N-dealkylation sites (tertiary alicyclic amines) is 1. The molecule has 0 radical (unpaired) electrons. The van der Waals surface area contributed by atoms with Gasteiger partial charge in [-0.3, -0.25) is 4.79 Å². The summed E-state index contributed by atoms with van der Waals surface area (Å²) in [6.07, 6.45) is 3.22. The molecule has 2 aliphatic rings. The minimum atomic E-state index is 0.190. The van der Waals surface area contributed by atoms with E-state index in [0.29, 0.717) is 5.91 Å². The number of amides is 1. The molecule has 74 valence electrons. The standard InChI is InChI=1S/C9H14ClNOS/c10-7-3-4-11(6-7)9(12)8-2-1-5-13-8/h7-8H,1-6H2. The van der Waals surface area contributed by atoms with E-state index in [0.717, 1.165) is 31.7 Å². The van der Waals surface area contributed by atoms with Gasteiger partial charge in [-0.1, -0.05) is 0 Å². The van der Waals surface area contributed by atoms with E-state index < -0.39 is 0 Å². The molecule has 0 bridgehead atoms. The van der Waals surface area contributed by atoms with Crippen LogP contribution in [0.4, 0.5) is 0 Å². The van der Waals surface area contributed by atoms with Crippen molar-refractivity contribution in [1.29, 1.82) is 0 Å². The summed E-state index contributed by atoms with van der Waals surface area (Å²) in [6.45, 7) is 1.63. The molecule has 2 saturated heterocycles. The highest BCUT2D eigenvalue weighted by atomic mass is 35.5. The molecule has 13 heavy (non-hydrogen) atoms. The van der Waals surface area contributed by atoms with Crippen LogP contribution in [0.5, 0.6) is 0 Å². The number of rotatable bonds is 1. The minimum absolute atomic E-state index is 0.190. The number of hydrogen-bond donors (Lipinski definition) is 0. The van der Waals surface area contributed by atoms with Crippen LogP contribution < -0.4 is 0 Å². The van der Waals surface area contributed by atoms with Crippen molar-refractivity contribution in [3.8, 4) is 0 Å². The first-order valence-electron chi connectivity index (χ1n) is 4.82. The van der Waals surface area contributed by atoms with Crippen LogP contribution in [0.2, 0.25) is 0 Å². The van der Waals surface area contributed by atoms with Crippen LogP contribution in [0.3, 0.4) is 0 Å². The summed E-state index contributed by atoms with van der Waals surface area (Å²) in [6, 6.07) is 0. The van der Waals surface area contributed by atoms with Crippen molar-refractivity contribution in [2.75, 3.05) is 18.8 Å². The summed E-state index contributed by atoms with van der Waals surface area (Å²) in [5, 5.41) is 0.428. The topological polar surface area (TPSA) is 20.3 Å². The molecule has 2 aliphatic heterocycles. The van der Waals surface area contributed by atoms with Crippen molar-refractivity contribution >= 4 is 29.3 Å². The highest BCUT2D eigenvalue weighted by Gasteiger charge is 2.31. The molecule has 0 aromatic heterocycles. The van der Waals surface area contributed by atoms with E-state index in [9.17, 15) is 4.79 Å². The number of alkyl halides is 1. The molecular weight excluding hydrogens is 206 g/mol. The van der Waals surface area contributed by atoms with E-state index in [1.54, 1.807) is 11.8 Å². The van der Waals surface area contributed by atoms with E-state index >= 15 is 0 Å². The average Bonchev–Trinajstić information content (AvgIpc) is 2.72. The predicted molar refractivity (Wildman–Crippen MR) is 56.3 cm³/mol. The number of halogens is 1. The number of carbonyl (C=O) groups excluding carboxylic acids is 1. The largest absolute Gasteiger partial charge is 0.340 e. The van der Waals surface area contributed by atoms with Gasteiger partial charge in [-0.15, -0.1) is 23.4 Å². The second-order valence-electron chi connectivity index (χ2n) is 3.67. The smallest absolute Gasteiger partial charge is 0.235 e. The zero-order valence-electron chi connectivity index (χ0n) is 7.54. The minimum Gasteiger partial charge on any atom is -0.340 e. The van der Waals surface area contributed by atoms with Crippen molar-refractivity contribution in [1.82, 2.24) is 4.90 Å². The van der Waals surface area contributed by atoms with Crippen LogP contribution in [0.15, 0.2) is 0 Å². The van der Waals surface area contributed by atoms with Gasteiger partial charge in [0.2, 0.25) is 5.91 Å². The van der Waals surface area contributed by atoms with E-state index in [2.05, 4.69) is 0 Å². The highest BCUT2D eigenvalue weighted by Crippen LogP contribution is 2.29. The second kappa shape index (κ2) is 4.09. The Morgan fingerprint density at radius 1 is 1.46 bits per heavy atom. The average molecular weight is 220 g/mol. The molecule has 1 amide bonds. The summed E-state index contributed by atoms with van der Waals surface area (Å²) >= 11 is 7.76. The van der Waals surface area contributed by atoms with Crippen LogP contribution >= 0.6 is 23.4 Å². The van der Waals surface area contributed by atoms with Crippen molar-refractivity contribution in [3.63, 3.8) is 0 Å². The summed E-state index contributed by atoms with van der Waals surface area (Å²) in [5.41, 5.74) is 0. The monoisotopic (exact) mass is 219 g/mol. The predicted octanol–water partition coefficient (Wildman–Crippen LogP) is 1.72. The maximum Gasteiger partial charge on any atom is 0.235 e. The Kier molecular flexibility index (Phi) is 3.04. The lowest BCUT2D eigenvalue weighted by molar-refractivity contribution is -0.129. The van der Waals surface area contributed by atoms with Gasteiger partial charge in [0.1, 0.15) is 0 Å². The van der Waals surface area contributed by atoms with E-state index in [4.69, 9.17) is 11.6 Å². The van der Waals surface area contributed by atoms with Gasteiger partial charge in [-0.2, -0.15) is 0 Å². The molecule has 2 rings (SSSR count). The quantitative estimate of drug-likeness (QED) is 0.626. The molecule has 2 atom stereocenters. The molecule has 0 aromatic rings. The molecule has 2 heterocycles. The third-order valence-corrected chi connectivity index (χ3v) is 4.37. The molecular formula is C9H14ClNOS. The summed E-state index contributed by atoms with van der Waals surface area (Å²) < 4.78 is 0. The highest BCUT2D eigenvalue weighted by molar-refractivity contribution is 8.00. The Bertz CT molecular complexity index is 206. The fraction of sp³-hybridized carbons (Fsp3) is 0.889. The number of nitrogens with zero attached hydrogens (tertiary/aromatic N) is 1. The fourth-order valence-electron chi connectivity index (χ4n) is 1.89. The number of thioether (sulfide) groups is 1. The zero-order valence-corrected chi connectivity index (χ0v) is 9.11. The Morgan fingerprint density at radius 2 is 2.31 bits per heavy atom. The van der Waals surface area contributed by atoms with Crippen LogP contribution in [-0.2, 0) is 4.79 Å². The van der Waals surface area contributed by atoms with Crippen molar-refractivity contribution in [2.45, 2.75) is 29.9 Å². The van der Waals surface area contributed by atoms with Crippen LogP contribution in [0, 0.1) is 0 Å². The van der Waals surface area contributed by atoms with Gasteiger partial charge in [0.15, 0.2) is 0 Å². The molecule has 4 heteroatoms. The Labute approximate surface area is 88.0 Å². The summed E-state index contributed by atoms with van der Waals surface area (Å²) in [5.74, 6) is 1.47. The van der Waals surface area contributed by atoms with Gasteiger partial charge in [-0.05, 0) is 25.0 Å². The molecule has 0 spiro atoms. The van der Waals surface area contributed by atoms with Gasteiger partial charge >= 0.3 is 0 Å². The van der Waals surface area contributed by atoms with Gasteiger partial charge in [-0.25, -0.2) is 0 Å². The van der Waals surface area contributed by atoms with E-state index in [1.807, 2.05) is 4.90 Å². The molecule has 0 N–H and O–H groups in total. The van der Waals surface area contributed by atoms with Crippen LogP contribution in [0.25, 0.3) is 0 Å².